The van der Waals surface area contributed by atoms with Gasteiger partial charge in [0.1, 0.15) is 17.8 Å². The second kappa shape index (κ2) is 6.63. The van der Waals surface area contributed by atoms with Crippen molar-refractivity contribution in [3.8, 4) is 5.75 Å². The van der Waals surface area contributed by atoms with Crippen LogP contribution in [0.25, 0.3) is 0 Å². The highest BCUT2D eigenvalue weighted by Crippen LogP contribution is 2.28. The molecule has 0 unspecified atom stereocenters. The first kappa shape index (κ1) is 17.7. The van der Waals surface area contributed by atoms with Crippen molar-refractivity contribution in [3.05, 3.63) is 65.2 Å². The molecule has 0 aromatic heterocycles. The molecule has 2 aromatic carbocycles. The molecule has 0 bridgehead atoms. The Hall–Kier alpha value is -3.15. The summed E-state index contributed by atoms with van der Waals surface area (Å²) in [7, 11) is 0. The van der Waals surface area contributed by atoms with E-state index in [-0.39, 0.29) is 0 Å². The molecule has 26 heavy (non-hydrogen) atoms. The van der Waals surface area contributed by atoms with Gasteiger partial charge in [-0.15, -0.1) is 0 Å². The molecule has 1 aliphatic heterocycles. The van der Waals surface area contributed by atoms with Crippen LogP contribution in [-0.2, 0) is 15.1 Å². The molecule has 6 heteroatoms. The molecular weight excluding hydrogens is 332 g/mol. The van der Waals surface area contributed by atoms with E-state index in [0.29, 0.717) is 11.3 Å². The number of amides is 3. The number of carbonyl (C=O) groups excluding carboxylic acids is 3. The summed E-state index contributed by atoms with van der Waals surface area (Å²) in [6, 6.07) is 13.6. The third-order valence-electron chi connectivity index (χ3n) is 4.62. The number of hydrogen-bond donors (Lipinski definition) is 1. The van der Waals surface area contributed by atoms with E-state index in [4.69, 9.17) is 4.74 Å². The van der Waals surface area contributed by atoms with E-state index in [2.05, 4.69) is 5.32 Å². The van der Waals surface area contributed by atoms with Crippen LogP contribution < -0.4 is 10.1 Å². The molecule has 6 nitrogen and oxygen atoms in total. The van der Waals surface area contributed by atoms with Crippen LogP contribution in [0, 0.1) is 13.8 Å². The summed E-state index contributed by atoms with van der Waals surface area (Å²) in [6.07, 6.45) is 0. The summed E-state index contributed by atoms with van der Waals surface area (Å²) >= 11 is 0. The summed E-state index contributed by atoms with van der Waals surface area (Å²) in [5, 5.41) is 2.66. The van der Waals surface area contributed by atoms with Gasteiger partial charge >= 0.3 is 12.0 Å². The molecule has 3 rings (SSSR count). The van der Waals surface area contributed by atoms with Crippen molar-refractivity contribution >= 4 is 17.9 Å². The topological polar surface area (TPSA) is 75.7 Å². The van der Waals surface area contributed by atoms with Gasteiger partial charge in [-0.2, -0.15) is 0 Å². The van der Waals surface area contributed by atoms with Crippen LogP contribution >= 0.6 is 0 Å². The van der Waals surface area contributed by atoms with E-state index >= 15 is 0 Å². The lowest BCUT2D eigenvalue weighted by atomic mass is 9.92. The van der Waals surface area contributed by atoms with Crippen LogP contribution in [0.4, 0.5) is 4.79 Å². The Morgan fingerprint density at radius 1 is 1.08 bits per heavy atom. The molecule has 2 aromatic rings. The maximum Gasteiger partial charge on any atom is 0.331 e. The zero-order chi connectivity index (χ0) is 18.9. The van der Waals surface area contributed by atoms with Crippen LogP contribution in [-0.4, -0.2) is 29.4 Å². The Balaban J connectivity index is 1.73. The van der Waals surface area contributed by atoms with Crippen molar-refractivity contribution in [1.82, 2.24) is 10.2 Å². The summed E-state index contributed by atoms with van der Waals surface area (Å²) in [5.41, 5.74) is 1.53. The van der Waals surface area contributed by atoms with Crippen molar-refractivity contribution in [1.29, 1.82) is 0 Å². The molecule has 0 saturated carbocycles. The monoisotopic (exact) mass is 352 g/mol. The third kappa shape index (κ3) is 3.18. The standard InChI is InChI=1S/C20H20N2O4/c1-13-9-10-16(11-14(13)2)26-17(23)12-22-18(24)20(3,21-19(22)25)15-7-5-4-6-8-15/h4-11H,12H2,1-3H3,(H,21,25)/t20-/m0/s1. The normalized spacial score (nSPS) is 19.4. The Bertz CT molecular complexity index is 879. The van der Waals surface area contributed by atoms with Crippen LogP contribution in [0.5, 0.6) is 5.75 Å². The van der Waals surface area contributed by atoms with Gasteiger partial charge in [0.05, 0.1) is 0 Å². The van der Waals surface area contributed by atoms with E-state index in [9.17, 15) is 14.4 Å². The summed E-state index contributed by atoms with van der Waals surface area (Å²) < 4.78 is 5.27. The second-order valence-electron chi connectivity index (χ2n) is 6.53. The lowest BCUT2D eigenvalue weighted by molar-refractivity contribution is -0.140. The van der Waals surface area contributed by atoms with Gasteiger partial charge in [-0.3, -0.25) is 9.69 Å². The van der Waals surface area contributed by atoms with Gasteiger partial charge in [0.2, 0.25) is 0 Å². The average Bonchev–Trinajstić information content (AvgIpc) is 2.83. The van der Waals surface area contributed by atoms with Crippen LogP contribution in [0.1, 0.15) is 23.6 Å². The van der Waals surface area contributed by atoms with Crippen molar-refractivity contribution in [3.63, 3.8) is 0 Å². The quantitative estimate of drug-likeness (QED) is 0.521. The maximum atomic E-state index is 12.8. The number of imide groups is 1. The first-order valence-electron chi connectivity index (χ1n) is 8.29. The van der Waals surface area contributed by atoms with Gasteiger partial charge in [-0.05, 0) is 49.6 Å². The summed E-state index contributed by atoms with van der Waals surface area (Å²) in [4.78, 5) is 38.1. The fourth-order valence-corrected chi connectivity index (χ4v) is 2.88. The number of rotatable bonds is 4. The molecule has 1 saturated heterocycles. The van der Waals surface area contributed by atoms with Gasteiger partial charge in [-0.25, -0.2) is 9.59 Å². The average molecular weight is 352 g/mol. The number of hydrogen-bond acceptors (Lipinski definition) is 4. The number of esters is 1. The highest BCUT2D eigenvalue weighted by molar-refractivity contribution is 6.08. The van der Waals surface area contributed by atoms with Gasteiger partial charge < -0.3 is 10.1 Å². The number of carbonyl (C=O) groups is 3. The van der Waals surface area contributed by atoms with E-state index in [1.165, 1.54) is 0 Å². The van der Waals surface area contributed by atoms with Crippen molar-refractivity contribution in [2.45, 2.75) is 26.3 Å². The minimum Gasteiger partial charge on any atom is -0.425 e. The molecule has 134 valence electrons. The molecule has 1 atom stereocenters. The van der Waals surface area contributed by atoms with E-state index in [1.54, 1.807) is 43.3 Å². The summed E-state index contributed by atoms with van der Waals surface area (Å²) in [5.74, 6) is -0.768. The zero-order valence-electron chi connectivity index (χ0n) is 14.9. The lowest BCUT2D eigenvalue weighted by Gasteiger charge is -2.21. The Kier molecular flexibility index (Phi) is 4.50. The number of ether oxygens (including phenoxy) is 1. The molecule has 3 amide bonds. The van der Waals surface area contributed by atoms with E-state index in [0.717, 1.165) is 16.0 Å². The number of aryl methyl sites for hydroxylation is 2. The van der Waals surface area contributed by atoms with Gasteiger partial charge in [0, 0.05) is 0 Å². The predicted octanol–water partition coefficient (Wildman–Crippen LogP) is 2.68. The second-order valence-corrected chi connectivity index (χ2v) is 6.53. The highest BCUT2D eigenvalue weighted by atomic mass is 16.5. The Morgan fingerprint density at radius 3 is 2.42 bits per heavy atom. The van der Waals surface area contributed by atoms with E-state index in [1.807, 2.05) is 26.0 Å². The first-order valence-corrected chi connectivity index (χ1v) is 8.29. The molecule has 1 heterocycles. The number of nitrogens with zero attached hydrogens (tertiary/aromatic N) is 1. The number of benzene rings is 2. The molecule has 0 radical (unpaired) electrons. The van der Waals surface area contributed by atoms with Crippen molar-refractivity contribution in [2.75, 3.05) is 6.54 Å². The van der Waals surface area contributed by atoms with Crippen LogP contribution in [0.3, 0.4) is 0 Å². The van der Waals surface area contributed by atoms with Gasteiger partial charge in [-0.1, -0.05) is 36.4 Å². The highest BCUT2D eigenvalue weighted by Gasteiger charge is 2.49. The first-order chi connectivity index (χ1) is 12.3. The Morgan fingerprint density at radius 2 is 1.77 bits per heavy atom. The molecule has 1 aliphatic rings. The fourth-order valence-electron chi connectivity index (χ4n) is 2.88. The molecular formula is C20H20N2O4. The van der Waals surface area contributed by atoms with Crippen LogP contribution in [0.2, 0.25) is 0 Å². The fraction of sp³-hybridized carbons (Fsp3) is 0.250. The number of urea groups is 1. The lowest BCUT2D eigenvalue weighted by Crippen LogP contribution is -2.41. The summed E-state index contributed by atoms with van der Waals surface area (Å²) in [6.45, 7) is 5.05. The smallest absolute Gasteiger partial charge is 0.331 e. The third-order valence-corrected chi connectivity index (χ3v) is 4.62. The van der Waals surface area contributed by atoms with Gasteiger partial charge in [0.15, 0.2) is 0 Å². The molecule has 1 fully saturated rings. The molecule has 0 aliphatic carbocycles. The molecule has 1 N–H and O–H groups in total. The predicted molar refractivity (Wildman–Crippen MR) is 95.6 cm³/mol. The SMILES string of the molecule is Cc1ccc(OC(=O)CN2C(=O)N[C@@](C)(c3ccccc3)C2=O)cc1C. The number of nitrogens with one attached hydrogen (secondary N) is 1. The van der Waals surface area contributed by atoms with Gasteiger partial charge in [0.25, 0.3) is 5.91 Å². The maximum absolute atomic E-state index is 12.8. The van der Waals surface area contributed by atoms with Crippen molar-refractivity contribution in [2.24, 2.45) is 0 Å². The molecule has 0 spiro atoms. The largest absolute Gasteiger partial charge is 0.425 e. The minimum atomic E-state index is -1.20. The Labute approximate surface area is 151 Å². The van der Waals surface area contributed by atoms with Crippen molar-refractivity contribution < 1.29 is 19.1 Å². The van der Waals surface area contributed by atoms with Crippen LogP contribution in [0.15, 0.2) is 48.5 Å². The van der Waals surface area contributed by atoms with E-state index < -0.39 is 30.0 Å². The minimum absolute atomic E-state index is 0.385. The zero-order valence-corrected chi connectivity index (χ0v) is 14.9.